The Morgan fingerprint density at radius 1 is 1.14 bits per heavy atom. The smallest absolute Gasteiger partial charge is 0.363 e. The van der Waals surface area contributed by atoms with Crippen LogP contribution in [-0.4, -0.2) is 11.9 Å². The van der Waals surface area contributed by atoms with E-state index >= 15 is 0 Å². The molecule has 0 saturated heterocycles. The summed E-state index contributed by atoms with van der Waals surface area (Å²) in [5.74, 6) is -0.794. The molecule has 0 amide bonds. The number of benzene rings is 2. The Kier molecular flexibility index (Phi) is 3.66. The number of carbonyl (C=O) groups excluding carboxylic acids is 1. The van der Waals surface area contributed by atoms with E-state index in [4.69, 9.17) is 4.74 Å². The molecule has 0 spiro atoms. The second-order valence-corrected chi connectivity index (χ2v) is 5.28. The van der Waals surface area contributed by atoms with Gasteiger partial charge in [-0.15, -0.1) is 0 Å². The van der Waals surface area contributed by atoms with Crippen molar-refractivity contribution in [2.75, 3.05) is 0 Å². The van der Waals surface area contributed by atoms with Crippen LogP contribution in [0.2, 0.25) is 0 Å². The van der Waals surface area contributed by atoms with E-state index in [2.05, 4.69) is 20.9 Å². The number of ether oxygens (including phenoxy) is 1. The number of esters is 1. The topological polar surface area (TPSA) is 38.7 Å². The summed E-state index contributed by atoms with van der Waals surface area (Å²) in [7, 11) is 0. The third-order valence-corrected chi connectivity index (χ3v) is 3.38. The van der Waals surface area contributed by atoms with Crippen LogP contribution in [0.15, 0.2) is 63.7 Å². The summed E-state index contributed by atoms with van der Waals surface area (Å²) >= 11 is 3.26. The highest BCUT2D eigenvalue weighted by Gasteiger charge is 2.24. The standard InChI is InChI=1S/C16H9BrFNO2/c17-12-6-7-13(18)11(8-12)9-14-16(20)21-15(19-14)10-4-2-1-3-5-10/h1-9H/b14-9-. The fourth-order valence-corrected chi connectivity index (χ4v) is 2.26. The van der Waals surface area contributed by atoms with Crippen LogP contribution in [0.1, 0.15) is 11.1 Å². The molecule has 3 nitrogen and oxygen atoms in total. The molecule has 0 bridgehead atoms. The zero-order valence-corrected chi connectivity index (χ0v) is 12.3. The summed E-state index contributed by atoms with van der Waals surface area (Å²) < 4.78 is 19.5. The van der Waals surface area contributed by atoms with Crippen molar-refractivity contribution in [3.05, 3.63) is 75.6 Å². The largest absolute Gasteiger partial charge is 0.402 e. The fraction of sp³-hybridized carbons (Fsp3) is 0. The molecule has 0 aliphatic carbocycles. The molecule has 2 aromatic rings. The molecule has 3 rings (SSSR count). The van der Waals surface area contributed by atoms with Gasteiger partial charge in [0.05, 0.1) is 0 Å². The van der Waals surface area contributed by atoms with E-state index in [-0.39, 0.29) is 17.2 Å². The van der Waals surface area contributed by atoms with Gasteiger partial charge in [-0.2, -0.15) is 0 Å². The van der Waals surface area contributed by atoms with Gasteiger partial charge in [-0.25, -0.2) is 14.2 Å². The minimum absolute atomic E-state index is 0.0749. The molecule has 21 heavy (non-hydrogen) atoms. The number of halogens is 2. The highest BCUT2D eigenvalue weighted by Crippen LogP contribution is 2.22. The SMILES string of the molecule is O=C1OC(c2ccccc2)=N/C1=C\c1cc(Br)ccc1F. The molecular weight excluding hydrogens is 337 g/mol. The quantitative estimate of drug-likeness (QED) is 0.610. The highest BCUT2D eigenvalue weighted by atomic mass is 79.9. The van der Waals surface area contributed by atoms with Crippen molar-refractivity contribution in [2.24, 2.45) is 4.99 Å². The Bertz CT molecular complexity index is 769. The van der Waals surface area contributed by atoms with Gasteiger partial charge < -0.3 is 4.74 Å². The zero-order chi connectivity index (χ0) is 14.8. The maximum atomic E-state index is 13.7. The molecule has 0 saturated carbocycles. The van der Waals surface area contributed by atoms with Gasteiger partial charge in [0.25, 0.3) is 0 Å². The molecule has 2 aromatic carbocycles. The zero-order valence-electron chi connectivity index (χ0n) is 10.7. The first-order valence-electron chi connectivity index (χ1n) is 6.16. The third kappa shape index (κ3) is 2.92. The van der Waals surface area contributed by atoms with Crippen molar-refractivity contribution in [1.82, 2.24) is 0 Å². The summed E-state index contributed by atoms with van der Waals surface area (Å²) in [6.45, 7) is 0. The van der Waals surface area contributed by atoms with Crippen LogP contribution in [0.3, 0.4) is 0 Å². The molecule has 1 heterocycles. The summed E-state index contributed by atoms with van der Waals surface area (Å²) in [6.07, 6.45) is 1.37. The number of hydrogen-bond acceptors (Lipinski definition) is 3. The van der Waals surface area contributed by atoms with Gasteiger partial charge in [-0.1, -0.05) is 34.1 Å². The first-order valence-corrected chi connectivity index (χ1v) is 6.96. The molecule has 0 unspecified atom stereocenters. The Morgan fingerprint density at radius 2 is 1.90 bits per heavy atom. The predicted octanol–water partition coefficient (Wildman–Crippen LogP) is 3.93. The number of rotatable bonds is 2. The lowest BCUT2D eigenvalue weighted by Gasteiger charge is -1.98. The minimum Gasteiger partial charge on any atom is -0.402 e. The lowest BCUT2D eigenvalue weighted by Crippen LogP contribution is -2.05. The Hall–Kier alpha value is -2.27. The average Bonchev–Trinajstić information content (AvgIpc) is 2.85. The number of carbonyl (C=O) groups is 1. The van der Waals surface area contributed by atoms with Crippen molar-refractivity contribution in [3.63, 3.8) is 0 Å². The lowest BCUT2D eigenvalue weighted by atomic mass is 10.2. The predicted molar refractivity (Wildman–Crippen MR) is 81.1 cm³/mol. The van der Waals surface area contributed by atoms with Crippen LogP contribution in [0.4, 0.5) is 4.39 Å². The van der Waals surface area contributed by atoms with Gasteiger partial charge in [0.1, 0.15) is 5.82 Å². The third-order valence-electron chi connectivity index (χ3n) is 2.89. The second-order valence-electron chi connectivity index (χ2n) is 4.37. The average molecular weight is 346 g/mol. The van der Waals surface area contributed by atoms with Crippen molar-refractivity contribution < 1.29 is 13.9 Å². The molecule has 0 N–H and O–H groups in total. The lowest BCUT2D eigenvalue weighted by molar-refractivity contribution is -0.129. The summed E-state index contributed by atoms with van der Waals surface area (Å²) in [5.41, 5.74) is 1.05. The molecule has 1 aliphatic rings. The van der Waals surface area contributed by atoms with Gasteiger partial charge in [-0.05, 0) is 36.4 Å². The van der Waals surface area contributed by atoms with Crippen molar-refractivity contribution in [3.8, 4) is 0 Å². The van der Waals surface area contributed by atoms with Gasteiger partial charge in [0, 0.05) is 15.6 Å². The molecule has 0 fully saturated rings. The molecule has 5 heteroatoms. The van der Waals surface area contributed by atoms with E-state index in [0.29, 0.717) is 5.56 Å². The summed E-state index contributed by atoms with van der Waals surface area (Å²) in [5, 5.41) is 0. The van der Waals surface area contributed by atoms with Crippen LogP contribution in [0, 0.1) is 5.82 Å². The highest BCUT2D eigenvalue weighted by molar-refractivity contribution is 9.10. The first kappa shape index (κ1) is 13.7. The molecule has 0 atom stereocenters. The van der Waals surface area contributed by atoms with Crippen molar-refractivity contribution in [1.29, 1.82) is 0 Å². The fourth-order valence-electron chi connectivity index (χ4n) is 1.89. The summed E-state index contributed by atoms with van der Waals surface area (Å²) in [6, 6.07) is 13.5. The number of aliphatic imine (C=N–C) groups is 1. The van der Waals surface area contributed by atoms with Crippen LogP contribution in [-0.2, 0) is 9.53 Å². The van der Waals surface area contributed by atoms with Crippen molar-refractivity contribution >= 4 is 33.9 Å². The molecule has 0 aromatic heterocycles. The molecular formula is C16H9BrFNO2. The van der Waals surface area contributed by atoms with Gasteiger partial charge in [0.2, 0.25) is 5.90 Å². The molecule has 1 aliphatic heterocycles. The monoisotopic (exact) mass is 345 g/mol. The molecule has 104 valence electrons. The number of nitrogens with zero attached hydrogens (tertiary/aromatic N) is 1. The molecule has 0 radical (unpaired) electrons. The number of cyclic esters (lactones) is 1. The number of hydrogen-bond donors (Lipinski definition) is 0. The maximum Gasteiger partial charge on any atom is 0.363 e. The Morgan fingerprint density at radius 3 is 2.67 bits per heavy atom. The van der Waals surface area contributed by atoms with E-state index in [1.54, 1.807) is 24.3 Å². The van der Waals surface area contributed by atoms with Gasteiger partial charge in [0.15, 0.2) is 5.70 Å². The van der Waals surface area contributed by atoms with Gasteiger partial charge in [-0.3, -0.25) is 0 Å². The Labute approximate surface area is 128 Å². The van der Waals surface area contributed by atoms with E-state index < -0.39 is 11.8 Å². The summed E-state index contributed by atoms with van der Waals surface area (Å²) in [4.78, 5) is 15.9. The minimum atomic E-state index is -0.590. The van der Waals surface area contributed by atoms with E-state index in [9.17, 15) is 9.18 Å². The van der Waals surface area contributed by atoms with Crippen LogP contribution in [0.25, 0.3) is 6.08 Å². The van der Waals surface area contributed by atoms with E-state index in [0.717, 1.165) is 4.47 Å². The van der Waals surface area contributed by atoms with E-state index in [1.165, 1.54) is 12.1 Å². The van der Waals surface area contributed by atoms with Crippen LogP contribution < -0.4 is 0 Å². The van der Waals surface area contributed by atoms with Crippen LogP contribution in [0.5, 0.6) is 0 Å². The van der Waals surface area contributed by atoms with E-state index in [1.807, 2.05) is 18.2 Å². The first-order chi connectivity index (χ1) is 10.1. The van der Waals surface area contributed by atoms with Crippen LogP contribution >= 0.6 is 15.9 Å². The Balaban J connectivity index is 1.99. The maximum absolute atomic E-state index is 13.7. The normalized spacial score (nSPS) is 16.0. The second kappa shape index (κ2) is 5.61. The van der Waals surface area contributed by atoms with Gasteiger partial charge >= 0.3 is 5.97 Å². The van der Waals surface area contributed by atoms with Crippen molar-refractivity contribution in [2.45, 2.75) is 0 Å².